The predicted molar refractivity (Wildman–Crippen MR) is 83.3 cm³/mol. The number of piperidine rings is 1. The molecule has 0 bridgehead atoms. The van der Waals surface area contributed by atoms with E-state index in [1.54, 1.807) is 18.2 Å². The van der Waals surface area contributed by atoms with Gasteiger partial charge in [-0.3, -0.25) is 9.69 Å². The summed E-state index contributed by atoms with van der Waals surface area (Å²) in [6.45, 7) is 4.12. The topological polar surface area (TPSA) is 58.4 Å². The maximum absolute atomic E-state index is 12.1. The van der Waals surface area contributed by atoms with Gasteiger partial charge in [0.2, 0.25) is 5.91 Å². The van der Waals surface area contributed by atoms with Crippen molar-refractivity contribution in [3.63, 3.8) is 0 Å². The zero-order chi connectivity index (χ0) is 14.7. The summed E-state index contributed by atoms with van der Waals surface area (Å²) in [6.07, 6.45) is 1.01. The Kier molecular flexibility index (Phi) is 5.27. The fourth-order valence-electron chi connectivity index (χ4n) is 2.63. The van der Waals surface area contributed by atoms with E-state index in [0.717, 1.165) is 19.5 Å². The van der Waals surface area contributed by atoms with Gasteiger partial charge >= 0.3 is 0 Å². The second-order valence-corrected chi connectivity index (χ2v) is 6.31. The Morgan fingerprint density at radius 3 is 2.90 bits per heavy atom. The minimum atomic E-state index is -0.101. The number of carbonyl (C=O) groups excluding carboxylic acids is 1. The van der Waals surface area contributed by atoms with Crippen LogP contribution in [0.1, 0.15) is 13.3 Å². The molecule has 1 amide bonds. The molecular formula is C14H19Cl2N3O. The van der Waals surface area contributed by atoms with Crippen LogP contribution in [0.5, 0.6) is 0 Å². The Morgan fingerprint density at radius 2 is 2.20 bits per heavy atom. The molecule has 1 aromatic carbocycles. The fourth-order valence-corrected chi connectivity index (χ4v) is 2.96. The molecule has 3 N–H and O–H groups in total. The van der Waals surface area contributed by atoms with Crippen molar-refractivity contribution in [1.82, 2.24) is 4.90 Å². The number of rotatable bonds is 3. The lowest BCUT2D eigenvalue weighted by molar-refractivity contribution is -0.117. The molecule has 0 spiro atoms. The lowest BCUT2D eigenvalue weighted by Gasteiger charge is -2.34. The minimum Gasteiger partial charge on any atom is -0.327 e. The Labute approximate surface area is 129 Å². The van der Waals surface area contributed by atoms with E-state index < -0.39 is 0 Å². The monoisotopic (exact) mass is 315 g/mol. The first-order valence-corrected chi connectivity index (χ1v) is 7.42. The number of carbonyl (C=O) groups is 1. The summed E-state index contributed by atoms with van der Waals surface area (Å²) < 4.78 is 0. The van der Waals surface area contributed by atoms with E-state index in [-0.39, 0.29) is 11.9 Å². The normalized spacial score (nSPS) is 23.6. The molecule has 1 saturated heterocycles. The van der Waals surface area contributed by atoms with Crippen LogP contribution in [0, 0.1) is 5.92 Å². The molecule has 1 heterocycles. The van der Waals surface area contributed by atoms with Crippen LogP contribution in [-0.2, 0) is 4.79 Å². The Hall–Kier alpha value is -0.810. The number of nitrogens with zero attached hydrogens (tertiary/aromatic N) is 1. The Balaban J connectivity index is 1.93. The summed E-state index contributed by atoms with van der Waals surface area (Å²) in [7, 11) is 0. The molecule has 0 aromatic heterocycles. The highest BCUT2D eigenvalue weighted by atomic mass is 35.5. The number of benzene rings is 1. The number of amides is 1. The molecule has 110 valence electrons. The van der Waals surface area contributed by atoms with Gasteiger partial charge in [-0.25, -0.2) is 0 Å². The first-order chi connectivity index (χ1) is 9.44. The first kappa shape index (κ1) is 15.6. The summed E-state index contributed by atoms with van der Waals surface area (Å²) in [6, 6.07) is 5.14. The van der Waals surface area contributed by atoms with Crippen LogP contribution in [0.15, 0.2) is 18.2 Å². The third-order valence-corrected chi connectivity index (χ3v) is 3.90. The third-order valence-electron chi connectivity index (χ3n) is 3.34. The lowest BCUT2D eigenvalue weighted by atomic mass is 9.97. The van der Waals surface area contributed by atoms with Crippen LogP contribution in [0.25, 0.3) is 0 Å². The van der Waals surface area contributed by atoms with Gasteiger partial charge in [-0.15, -0.1) is 0 Å². The van der Waals surface area contributed by atoms with Gasteiger partial charge in [0, 0.05) is 24.2 Å². The number of halogens is 2. The molecule has 2 atom stereocenters. The van der Waals surface area contributed by atoms with Crippen LogP contribution in [0.3, 0.4) is 0 Å². The zero-order valence-electron chi connectivity index (χ0n) is 11.4. The molecule has 6 heteroatoms. The molecule has 2 rings (SSSR count). The molecule has 0 aliphatic carbocycles. The van der Waals surface area contributed by atoms with Crippen molar-refractivity contribution >= 4 is 34.8 Å². The standard InChI is InChI=1S/C14H19Cl2N3O/c1-9-4-11(17)7-19(6-9)8-14(20)18-13-5-10(15)2-3-12(13)16/h2-3,5,9,11H,4,6-8,17H2,1H3,(H,18,20). The number of nitrogens with one attached hydrogen (secondary N) is 1. The smallest absolute Gasteiger partial charge is 0.238 e. The van der Waals surface area contributed by atoms with Crippen molar-refractivity contribution in [2.45, 2.75) is 19.4 Å². The molecule has 4 nitrogen and oxygen atoms in total. The van der Waals surface area contributed by atoms with E-state index in [1.807, 2.05) is 0 Å². The predicted octanol–water partition coefficient (Wildman–Crippen LogP) is 2.60. The second-order valence-electron chi connectivity index (χ2n) is 5.47. The average Bonchev–Trinajstić information content (AvgIpc) is 2.32. The van der Waals surface area contributed by atoms with Gasteiger partial charge in [-0.2, -0.15) is 0 Å². The summed E-state index contributed by atoms with van der Waals surface area (Å²) in [5, 5.41) is 3.81. The highest BCUT2D eigenvalue weighted by Gasteiger charge is 2.23. The van der Waals surface area contributed by atoms with Crippen molar-refractivity contribution in [1.29, 1.82) is 0 Å². The van der Waals surface area contributed by atoms with E-state index >= 15 is 0 Å². The van der Waals surface area contributed by atoms with Gasteiger partial charge in [0.1, 0.15) is 0 Å². The third kappa shape index (κ3) is 4.35. The van der Waals surface area contributed by atoms with Crippen LogP contribution in [-0.4, -0.2) is 36.5 Å². The number of anilines is 1. The van der Waals surface area contributed by atoms with Crippen LogP contribution >= 0.6 is 23.2 Å². The highest BCUT2D eigenvalue weighted by Crippen LogP contribution is 2.25. The van der Waals surface area contributed by atoms with Crippen molar-refractivity contribution in [3.05, 3.63) is 28.2 Å². The van der Waals surface area contributed by atoms with Crippen molar-refractivity contribution < 1.29 is 4.79 Å². The van der Waals surface area contributed by atoms with Gasteiger partial charge in [0.25, 0.3) is 0 Å². The average molecular weight is 316 g/mol. The van der Waals surface area contributed by atoms with Crippen LogP contribution in [0.4, 0.5) is 5.69 Å². The van der Waals surface area contributed by atoms with Crippen molar-refractivity contribution in [2.75, 3.05) is 25.0 Å². The second kappa shape index (κ2) is 6.76. The zero-order valence-corrected chi connectivity index (χ0v) is 12.9. The highest BCUT2D eigenvalue weighted by molar-refractivity contribution is 6.35. The fraction of sp³-hybridized carbons (Fsp3) is 0.500. The molecule has 2 unspecified atom stereocenters. The van der Waals surface area contributed by atoms with E-state index in [1.165, 1.54) is 0 Å². The molecule has 1 aromatic rings. The molecule has 1 fully saturated rings. The van der Waals surface area contributed by atoms with Gasteiger partial charge in [0.05, 0.1) is 17.3 Å². The van der Waals surface area contributed by atoms with E-state index in [0.29, 0.717) is 28.2 Å². The van der Waals surface area contributed by atoms with Crippen molar-refractivity contribution in [3.8, 4) is 0 Å². The van der Waals surface area contributed by atoms with Gasteiger partial charge in [0.15, 0.2) is 0 Å². The van der Waals surface area contributed by atoms with Gasteiger partial charge < -0.3 is 11.1 Å². The van der Waals surface area contributed by atoms with E-state index in [2.05, 4.69) is 17.1 Å². The maximum Gasteiger partial charge on any atom is 0.238 e. The van der Waals surface area contributed by atoms with Crippen LogP contribution in [0.2, 0.25) is 10.0 Å². The maximum atomic E-state index is 12.1. The Bertz CT molecular complexity index is 485. The van der Waals surface area contributed by atoms with Crippen molar-refractivity contribution in [2.24, 2.45) is 11.7 Å². The van der Waals surface area contributed by atoms with Crippen LogP contribution < -0.4 is 11.1 Å². The van der Waals surface area contributed by atoms with Gasteiger partial charge in [-0.1, -0.05) is 30.1 Å². The molecule has 0 saturated carbocycles. The summed E-state index contributed by atoms with van der Waals surface area (Å²) >= 11 is 11.9. The van der Waals surface area contributed by atoms with E-state index in [9.17, 15) is 4.79 Å². The number of likely N-dealkylation sites (tertiary alicyclic amines) is 1. The minimum absolute atomic E-state index is 0.101. The summed E-state index contributed by atoms with van der Waals surface area (Å²) in [5.74, 6) is 0.414. The summed E-state index contributed by atoms with van der Waals surface area (Å²) in [5.41, 5.74) is 6.52. The SMILES string of the molecule is CC1CC(N)CN(CC(=O)Nc2cc(Cl)ccc2Cl)C1. The first-order valence-electron chi connectivity index (χ1n) is 6.67. The number of nitrogens with two attached hydrogens (primary N) is 1. The largest absolute Gasteiger partial charge is 0.327 e. The number of hydrogen-bond donors (Lipinski definition) is 2. The number of hydrogen-bond acceptors (Lipinski definition) is 3. The molecular weight excluding hydrogens is 297 g/mol. The summed E-state index contributed by atoms with van der Waals surface area (Å²) in [4.78, 5) is 14.1. The molecule has 1 aliphatic rings. The molecule has 20 heavy (non-hydrogen) atoms. The lowest BCUT2D eigenvalue weighted by Crippen LogP contribution is -2.48. The Morgan fingerprint density at radius 1 is 1.45 bits per heavy atom. The van der Waals surface area contributed by atoms with Gasteiger partial charge in [-0.05, 0) is 30.5 Å². The quantitative estimate of drug-likeness (QED) is 0.901. The van der Waals surface area contributed by atoms with E-state index in [4.69, 9.17) is 28.9 Å². The molecule has 0 radical (unpaired) electrons. The molecule has 1 aliphatic heterocycles.